The Kier molecular flexibility index (Phi) is 4.77. The number of hydrogen-bond donors (Lipinski definition) is 0. The minimum Gasteiger partial charge on any atom is -0.289 e. The van der Waals surface area contributed by atoms with Gasteiger partial charge in [-0.05, 0) is 48.5 Å². The third kappa shape index (κ3) is 3.22. The van der Waals surface area contributed by atoms with Crippen LogP contribution in [0.4, 0.5) is 0 Å². The topological polar surface area (TPSA) is 103 Å². The van der Waals surface area contributed by atoms with Gasteiger partial charge >= 0.3 is 0 Å². The molecule has 0 bridgehead atoms. The molecule has 9 aromatic rings. The van der Waals surface area contributed by atoms with E-state index in [9.17, 15) is 19.2 Å². The summed E-state index contributed by atoms with van der Waals surface area (Å²) in [6.07, 6.45) is 0. The van der Waals surface area contributed by atoms with Crippen LogP contribution in [0.2, 0.25) is 0 Å². The number of aromatic nitrogens is 4. The van der Waals surface area contributed by atoms with Crippen molar-refractivity contribution >= 4 is 66.5 Å². The van der Waals surface area contributed by atoms with Crippen LogP contribution in [0.1, 0.15) is 31.8 Å². The molecule has 0 aliphatic carbocycles. The summed E-state index contributed by atoms with van der Waals surface area (Å²) in [4.78, 5) is 63.3. The van der Waals surface area contributed by atoms with E-state index in [1.807, 2.05) is 12.1 Å². The van der Waals surface area contributed by atoms with E-state index >= 15 is 0 Å². The average molecular weight is 571 g/mol. The highest BCUT2D eigenvalue weighted by Gasteiger charge is 2.23. The zero-order chi connectivity index (χ0) is 29.7. The molecule has 0 unspecified atom stereocenters. The van der Waals surface area contributed by atoms with Gasteiger partial charge in [0.15, 0.2) is 11.6 Å². The molecule has 9 rings (SSSR count). The van der Waals surface area contributed by atoms with Crippen molar-refractivity contribution in [2.45, 2.75) is 0 Å². The Labute approximate surface area is 246 Å². The van der Waals surface area contributed by atoms with E-state index in [4.69, 9.17) is 9.97 Å². The van der Waals surface area contributed by atoms with Gasteiger partial charge in [0.05, 0.1) is 32.8 Å². The van der Waals surface area contributed by atoms with Crippen molar-refractivity contribution in [2.24, 2.45) is 0 Å². The van der Waals surface area contributed by atoms with Crippen LogP contribution in [0.25, 0.3) is 54.9 Å². The first kappa shape index (κ1) is 24.3. The molecule has 4 aromatic heterocycles. The molecule has 0 saturated heterocycles. The molecule has 0 fully saturated rings. The third-order valence-electron chi connectivity index (χ3n) is 8.41. The Morgan fingerprint density at radius 1 is 0.455 bits per heavy atom. The molecule has 0 aliphatic rings. The van der Waals surface area contributed by atoms with Crippen molar-refractivity contribution in [3.63, 3.8) is 0 Å². The maximum absolute atomic E-state index is 13.8. The fourth-order valence-electron chi connectivity index (χ4n) is 6.28. The Morgan fingerprint density at radius 3 is 1.27 bits per heavy atom. The predicted octanol–water partition coefficient (Wildman–Crippen LogP) is 5.65. The van der Waals surface area contributed by atoms with E-state index in [1.165, 1.54) is 8.80 Å². The van der Waals surface area contributed by atoms with Crippen LogP contribution in [-0.2, 0) is 0 Å². The lowest BCUT2D eigenvalue weighted by atomic mass is 10.0. The van der Waals surface area contributed by atoms with Crippen LogP contribution in [0.5, 0.6) is 0 Å². The Hall–Kier alpha value is -6.28. The van der Waals surface area contributed by atoms with Gasteiger partial charge in [0.1, 0.15) is 11.3 Å². The largest absolute Gasteiger partial charge is 0.289 e. The second-order valence-corrected chi connectivity index (χ2v) is 10.9. The summed E-state index contributed by atoms with van der Waals surface area (Å²) in [7, 11) is 0. The third-order valence-corrected chi connectivity index (χ3v) is 8.41. The number of hydrogen-bond acceptors (Lipinski definition) is 6. The lowest BCUT2D eigenvalue weighted by Crippen LogP contribution is -2.07. The zero-order valence-corrected chi connectivity index (χ0v) is 22.8. The second-order valence-electron chi connectivity index (χ2n) is 10.9. The van der Waals surface area contributed by atoms with Gasteiger partial charge in [-0.1, -0.05) is 60.7 Å². The molecular weight excluding hydrogens is 552 g/mol. The van der Waals surface area contributed by atoms with Gasteiger partial charge in [0.2, 0.25) is 0 Å². The second kappa shape index (κ2) is 8.62. The normalized spacial score (nSPS) is 12.0. The Bertz CT molecular complexity index is 2590. The highest BCUT2D eigenvalue weighted by molar-refractivity contribution is 6.14. The van der Waals surface area contributed by atoms with Crippen LogP contribution in [-0.4, -0.2) is 30.3 Å². The monoisotopic (exact) mass is 570 g/mol. The summed E-state index contributed by atoms with van der Waals surface area (Å²) < 4.78 is 3.01. The standard InChI is InChI=1S/C36H18N4O4/c41-31(19-7-3-1-4-8-19)21-11-13-27-29(15-21)39-33(37-27)23-17-26-24(18-25(23)35(39)43)34-38-28-14-12-22(16-30(28)40(34)36(26)44)32(42)20-9-5-2-6-10-20/h1-18H. The average Bonchev–Trinajstić information content (AvgIpc) is 3.78. The van der Waals surface area contributed by atoms with Gasteiger partial charge in [-0.2, -0.15) is 0 Å². The fraction of sp³-hybridized carbons (Fsp3) is 0. The number of benzene rings is 5. The molecule has 44 heavy (non-hydrogen) atoms. The van der Waals surface area contributed by atoms with Gasteiger partial charge in [-0.25, -0.2) is 9.97 Å². The molecule has 0 saturated carbocycles. The summed E-state index contributed by atoms with van der Waals surface area (Å²) in [6.45, 7) is 0. The van der Waals surface area contributed by atoms with E-state index in [0.717, 1.165) is 0 Å². The van der Waals surface area contributed by atoms with Crippen molar-refractivity contribution < 1.29 is 9.59 Å². The minimum atomic E-state index is -0.289. The summed E-state index contributed by atoms with van der Waals surface area (Å²) in [5.74, 6) is -0.300. The highest BCUT2D eigenvalue weighted by atomic mass is 16.1. The van der Waals surface area contributed by atoms with Crippen molar-refractivity contribution in [1.29, 1.82) is 0 Å². The molecule has 206 valence electrons. The summed E-state index contributed by atoms with van der Waals surface area (Å²) in [6, 6.07) is 31.6. The SMILES string of the molecule is O=C(c1ccccc1)c1ccc2nc3c4cc5c(=O)n6c7cc(C(=O)c8ccccc8)ccc7nc6c5cc4c(=O)n3c2c1. The minimum absolute atomic E-state index is 0.150. The van der Waals surface area contributed by atoms with Crippen LogP contribution in [0.15, 0.2) is 119 Å². The Morgan fingerprint density at radius 2 is 0.864 bits per heavy atom. The quantitative estimate of drug-likeness (QED) is 0.253. The van der Waals surface area contributed by atoms with Crippen LogP contribution < -0.4 is 11.1 Å². The van der Waals surface area contributed by atoms with E-state index in [0.29, 0.717) is 77.2 Å². The number of carbonyl (C=O) groups excluding carboxylic acids is 2. The molecule has 4 heterocycles. The van der Waals surface area contributed by atoms with Crippen molar-refractivity contribution in [3.05, 3.63) is 152 Å². The maximum atomic E-state index is 13.8. The first-order valence-electron chi connectivity index (χ1n) is 14.0. The van der Waals surface area contributed by atoms with Gasteiger partial charge < -0.3 is 0 Å². The summed E-state index contributed by atoms with van der Waals surface area (Å²) >= 11 is 0. The molecule has 0 N–H and O–H groups in total. The van der Waals surface area contributed by atoms with E-state index in [2.05, 4.69) is 0 Å². The van der Waals surface area contributed by atoms with Crippen molar-refractivity contribution in [2.75, 3.05) is 0 Å². The van der Waals surface area contributed by atoms with Gasteiger partial charge in [0.25, 0.3) is 11.1 Å². The molecule has 0 amide bonds. The van der Waals surface area contributed by atoms with Gasteiger partial charge in [-0.3, -0.25) is 28.0 Å². The van der Waals surface area contributed by atoms with E-state index in [-0.39, 0.29) is 22.7 Å². The number of nitrogens with zero attached hydrogens (tertiary/aromatic N) is 4. The fourth-order valence-corrected chi connectivity index (χ4v) is 6.28. The van der Waals surface area contributed by atoms with Crippen LogP contribution >= 0.6 is 0 Å². The van der Waals surface area contributed by atoms with Crippen molar-refractivity contribution in [1.82, 2.24) is 18.8 Å². The summed E-state index contributed by atoms with van der Waals surface area (Å²) in [5, 5.41) is 1.90. The molecule has 0 radical (unpaired) electrons. The number of rotatable bonds is 4. The predicted molar refractivity (Wildman–Crippen MR) is 169 cm³/mol. The summed E-state index contributed by atoms with van der Waals surface area (Å²) in [5.41, 5.74) is 4.47. The molecule has 0 spiro atoms. The first-order chi connectivity index (χ1) is 21.5. The zero-order valence-electron chi connectivity index (χ0n) is 22.8. The number of fused-ring (bicyclic) bond motifs is 10. The van der Waals surface area contributed by atoms with Crippen LogP contribution in [0.3, 0.4) is 0 Å². The molecule has 5 aromatic carbocycles. The van der Waals surface area contributed by atoms with Crippen molar-refractivity contribution in [3.8, 4) is 0 Å². The lowest BCUT2D eigenvalue weighted by Gasteiger charge is -2.01. The molecule has 0 atom stereocenters. The number of carbonyl (C=O) groups is 2. The Balaban J connectivity index is 1.25. The van der Waals surface area contributed by atoms with E-state index < -0.39 is 0 Å². The van der Waals surface area contributed by atoms with Crippen LogP contribution in [0, 0.1) is 0 Å². The van der Waals surface area contributed by atoms with E-state index in [1.54, 1.807) is 97.1 Å². The number of imidazole rings is 2. The first-order valence-corrected chi connectivity index (χ1v) is 14.0. The smallest absolute Gasteiger partial charge is 0.264 e. The molecule has 8 nitrogen and oxygen atoms in total. The number of ketones is 2. The van der Waals surface area contributed by atoms with Gasteiger partial charge in [0, 0.05) is 33.0 Å². The molecule has 0 aliphatic heterocycles. The maximum Gasteiger partial charge on any atom is 0.264 e. The highest BCUT2D eigenvalue weighted by Crippen LogP contribution is 2.31. The lowest BCUT2D eigenvalue weighted by molar-refractivity contribution is 0.103. The molecular formula is C36H18N4O4. The van der Waals surface area contributed by atoms with Gasteiger partial charge in [-0.15, -0.1) is 0 Å². The molecule has 8 heteroatoms.